The van der Waals surface area contributed by atoms with Crippen molar-refractivity contribution in [3.05, 3.63) is 0 Å². The molecule has 172 valence electrons. The fourth-order valence-corrected chi connectivity index (χ4v) is 3.50. The maximum absolute atomic E-state index is 10.8. The molecular formula is C23H44NNaO5. The van der Waals surface area contributed by atoms with Crippen molar-refractivity contribution in [2.45, 2.75) is 129 Å². The summed E-state index contributed by atoms with van der Waals surface area (Å²) in [7, 11) is 0. The van der Waals surface area contributed by atoms with Crippen LogP contribution in [0, 0.1) is 0 Å². The molecule has 1 atom stereocenters. The van der Waals surface area contributed by atoms with Gasteiger partial charge in [0.15, 0.2) is 0 Å². The Kier molecular flexibility index (Phi) is 26.3. The average molecular weight is 438 g/mol. The van der Waals surface area contributed by atoms with E-state index in [9.17, 15) is 14.4 Å². The van der Waals surface area contributed by atoms with Crippen LogP contribution < -0.4 is 5.73 Å². The number of carboxylic acid groups (broad SMARTS) is 2. The van der Waals surface area contributed by atoms with Gasteiger partial charge in [0.2, 0.25) is 0 Å². The van der Waals surface area contributed by atoms with E-state index >= 15 is 0 Å². The molecule has 0 radical (unpaired) electrons. The van der Waals surface area contributed by atoms with E-state index in [1.165, 1.54) is 89.9 Å². The van der Waals surface area contributed by atoms with Crippen molar-refractivity contribution in [1.82, 2.24) is 0 Å². The average Bonchev–Trinajstić information content (AvgIpc) is 2.69. The number of carboxylic acids is 2. The van der Waals surface area contributed by atoms with Gasteiger partial charge in [0.1, 0.15) is 6.04 Å². The van der Waals surface area contributed by atoms with Crippen LogP contribution in [0.2, 0.25) is 0 Å². The first kappa shape index (κ1) is 31.8. The normalized spacial score (nSPS) is 11.5. The van der Waals surface area contributed by atoms with E-state index in [-0.39, 0.29) is 12.8 Å². The number of carbonyl (C=O) groups excluding carboxylic acids is 1. The quantitative estimate of drug-likeness (QED) is 0.178. The predicted octanol–water partition coefficient (Wildman–Crippen LogP) is 5.21. The van der Waals surface area contributed by atoms with Crippen LogP contribution in [0.15, 0.2) is 0 Å². The van der Waals surface area contributed by atoms with Crippen molar-refractivity contribution >= 4 is 42.9 Å². The molecule has 0 saturated carbocycles. The summed E-state index contributed by atoms with van der Waals surface area (Å²) in [5, 5.41) is 16.3. The number of hydrogen-bond donors (Lipinski definition) is 3. The van der Waals surface area contributed by atoms with E-state index in [4.69, 9.17) is 15.9 Å². The summed E-state index contributed by atoms with van der Waals surface area (Å²) in [5.74, 6) is -2.20. The predicted molar refractivity (Wildman–Crippen MR) is 123 cm³/mol. The van der Waals surface area contributed by atoms with Crippen molar-refractivity contribution in [3.8, 4) is 0 Å². The molecule has 30 heavy (non-hydrogen) atoms. The minimum Gasteiger partial charge on any atom is -0.481 e. The van der Waals surface area contributed by atoms with Crippen molar-refractivity contribution in [3.63, 3.8) is 0 Å². The Labute approximate surface area is 201 Å². The second kappa shape index (κ2) is 24.8. The summed E-state index contributed by atoms with van der Waals surface area (Å²) in [6, 6.07) is -1.06. The topological polar surface area (TPSA) is 118 Å². The summed E-state index contributed by atoms with van der Waals surface area (Å²) in [6.45, 7) is 2.28. The first-order chi connectivity index (χ1) is 14.3. The van der Waals surface area contributed by atoms with Gasteiger partial charge in [-0.3, -0.25) is 9.59 Å². The van der Waals surface area contributed by atoms with Crippen LogP contribution in [0.5, 0.6) is 0 Å². The molecule has 0 spiro atoms. The monoisotopic (exact) mass is 437 g/mol. The molecule has 0 aliphatic carbocycles. The third-order valence-electron chi connectivity index (χ3n) is 5.12. The molecular weight excluding hydrogens is 393 g/mol. The van der Waals surface area contributed by atoms with E-state index in [2.05, 4.69) is 6.92 Å². The summed E-state index contributed by atoms with van der Waals surface area (Å²) in [6.07, 6.45) is 21.5. The van der Waals surface area contributed by atoms with Crippen molar-refractivity contribution in [2.75, 3.05) is 0 Å². The number of rotatable bonds is 20. The van der Waals surface area contributed by atoms with Gasteiger partial charge in [-0.25, -0.2) is 0 Å². The maximum atomic E-state index is 10.8. The van der Waals surface area contributed by atoms with Crippen LogP contribution >= 0.6 is 0 Å². The van der Waals surface area contributed by atoms with E-state index in [1.807, 2.05) is 0 Å². The number of unbranched alkanes of at least 4 members (excludes halogenated alkanes) is 14. The van der Waals surface area contributed by atoms with Crippen LogP contribution in [0.3, 0.4) is 0 Å². The Morgan fingerprint density at radius 2 is 1.07 bits per heavy atom. The molecule has 1 unspecified atom stereocenters. The van der Waals surface area contributed by atoms with Gasteiger partial charge in [-0.1, -0.05) is 39.0 Å². The minimum absolute atomic E-state index is 0.0231. The zero-order chi connectivity index (χ0) is 23.0. The van der Waals surface area contributed by atoms with E-state index in [1.54, 1.807) is 0 Å². The summed E-state index contributed by atoms with van der Waals surface area (Å²) in [4.78, 5) is 30.7. The maximum Gasteiger partial charge on any atom is 0.320 e. The Bertz CT molecular complexity index is 432. The number of aliphatic carboxylic acids is 2. The second-order valence-electron chi connectivity index (χ2n) is 8.28. The molecule has 6 nitrogen and oxygen atoms in total. The third kappa shape index (κ3) is 29.8. The van der Waals surface area contributed by atoms with Gasteiger partial charge in [0, 0.05) is 6.42 Å². The van der Waals surface area contributed by atoms with E-state index in [0.29, 0.717) is 3.03 Å². The van der Waals surface area contributed by atoms with Gasteiger partial charge in [0.25, 0.3) is 0 Å². The molecule has 0 bridgehead atoms. The van der Waals surface area contributed by atoms with Crippen molar-refractivity contribution in [1.29, 1.82) is 0 Å². The molecule has 0 saturated heterocycles. The van der Waals surface area contributed by atoms with E-state index < -0.39 is 18.0 Å². The Morgan fingerprint density at radius 1 is 0.700 bits per heavy atom. The first-order valence-electron chi connectivity index (χ1n) is 12.0. The van der Waals surface area contributed by atoms with Crippen molar-refractivity contribution in [2.24, 2.45) is 5.73 Å². The molecule has 7 heteroatoms. The van der Waals surface area contributed by atoms with Gasteiger partial charge in [0.05, 0.1) is 0 Å². The molecule has 0 aliphatic heterocycles. The van der Waals surface area contributed by atoms with Gasteiger partial charge in [-0.05, 0) is 6.42 Å². The van der Waals surface area contributed by atoms with Gasteiger partial charge in [-0.2, -0.15) is 0 Å². The van der Waals surface area contributed by atoms with Gasteiger partial charge >= 0.3 is 118 Å². The zero-order valence-corrected chi connectivity index (χ0v) is 21.5. The summed E-state index contributed by atoms with van der Waals surface area (Å²) in [5.41, 5.74) is 5.00. The number of nitrogens with two attached hydrogens (primary N) is 1. The molecule has 0 heterocycles. The fourth-order valence-electron chi connectivity index (χ4n) is 3.15. The molecule has 4 N–H and O–H groups in total. The molecule has 0 aromatic rings. The Hall–Kier alpha value is -0.430. The van der Waals surface area contributed by atoms with E-state index in [0.717, 1.165) is 40.8 Å². The van der Waals surface area contributed by atoms with Crippen LogP contribution in [-0.2, 0) is 14.4 Å². The summed E-state index contributed by atoms with van der Waals surface area (Å²) < 4.78 is 0.486. The van der Waals surface area contributed by atoms with Crippen LogP contribution in [0.25, 0.3) is 0 Å². The molecule has 0 aromatic heterocycles. The zero-order valence-electron chi connectivity index (χ0n) is 19.5. The first-order valence-corrected chi connectivity index (χ1v) is 13.0. The fraction of sp³-hybridized carbons (Fsp3) is 0.870. The SMILES string of the molecule is CCCCCCCCCCCCCCCCC[C](=O)[Na].NC(CCC(=O)O)C(=O)O. The van der Waals surface area contributed by atoms with Crippen molar-refractivity contribution < 1.29 is 24.6 Å². The minimum atomic E-state index is -1.17. The number of carbonyl (C=O) groups is 3. The second-order valence-corrected chi connectivity index (χ2v) is 9.39. The molecule has 0 aromatic carbocycles. The van der Waals surface area contributed by atoms with Crippen LogP contribution in [-0.4, -0.2) is 59.2 Å². The molecule has 0 aliphatic rings. The molecule has 0 fully saturated rings. The van der Waals surface area contributed by atoms with Gasteiger partial charge < -0.3 is 15.9 Å². The smallest absolute Gasteiger partial charge is 0.320 e. The number of hydrogen-bond acceptors (Lipinski definition) is 4. The van der Waals surface area contributed by atoms with Crippen LogP contribution in [0.4, 0.5) is 0 Å². The third-order valence-corrected chi connectivity index (χ3v) is 5.62. The standard InChI is InChI=1S/C18H35O.C5H9NO4.Na/c1-2-3-4-5-6-7-8-9-10-11-12-13-14-15-16-17-18-19;6-3(5(9)10)1-2-4(7)8;/h2-17H2,1H3;3H,1-2,6H2,(H,7,8)(H,9,10);. The van der Waals surface area contributed by atoms with Crippen LogP contribution in [0.1, 0.15) is 122 Å². The largest absolute Gasteiger partial charge is 0.481 e. The molecule has 0 rings (SSSR count). The summed E-state index contributed by atoms with van der Waals surface area (Å²) >= 11 is 0.751. The molecule has 0 amide bonds. The Morgan fingerprint density at radius 3 is 1.37 bits per heavy atom. The van der Waals surface area contributed by atoms with Gasteiger partial charge in [-0.15, -0.1) is 0 Å². The Balaban J connectivity index is 0.